The van der Waals surface area contributed by atoms with Crippen molar-refractivity contribution in [2.45, 2.75) is 0 Å². The standard InChI is InChI=1S/C10H10BrN3O3/c11-6-3-7(10(16)17)9(13-4-6)14-2-1-12-8(15)5-14/h3-4H,1-2,5H2,(H,12,15)(H,16,17). The molecule has 17 heavy (non-hydrogen) atoms. The van der Waals surface area contributed by atoms with E-state index in [1.807, 2.05) is 0 Å². The van der Waals surface area contributed by atoms with E-state index in [9.17, 15) is 9.59 Å². The number of piperazine rings is 1. The molecule has 0 aliphatic carbocycles. The summed E-state index contributed by atoms with van der Waals surface area (Å²) in [5.74, 6) is -0.854. The molecule has 7 heteroatoms. The number of rotatable bonds is 2. The summed E-state index contributed by atoms with van der Waals surface area (Å²) in [5, 5.41) is 11.8. The molecule has 1 aliphatic heterocycles. The number of hydrogen-bond acceptors (Lipinski definition) is 4. The van der Waals surface area contributed by atoms with E-state index in [4.69, 9.17) is 5.11 Å². The van der Waals surface area contributed by atoms with Gasteiger partial charge in [-0.05, 0) is 22.0 Å². The van der Waals surface area contributed by atoms with Gasteiger partial charge in [-0.15, -0.1) is 0 Å². The fraction of sp³-hybridized carbons (Fsp3) is 0.300. The molecule has 0 bridgehead atoms. The highest BCUT2D eigenvalue weighted by atomic mass is 79.9. The van der Waals surface area contributed by atoms with Crippen molar-refractivity contribution in [2.75, 3.05) is 24.5 Å². The van der Waals surface area contributed by atoms with E-state index in [0.29, 0.717) is 23.4 Å². The van der Waals surface area contributed by atoms with Gasteiger partial charge in [-0.1, -0.05) is 0 Å². The van der Waals surface area contributed by atoms with Crippen LogP contribution < -0.4 is 10.2 Å². The second kappa shape index (κ2) is 4.70. The molecule has 0 saturated carbocycles. The van der Waals surface area contributed by atoms with Crippen LogP contribution in [0.4, 0.5) is 5.82 Å². The maximum atomic E-state index is 11.3. The van der Waals surface area contributed by atoms with Crippen LogP contribution in [0.1, 0.15) is 10.4 Å². The Labute approximate surface area is 106 Å². The fourth-order valence-corrected chi connectivity index (χ4v) is 1.99. The minimum absolute atomic E-state index is 0.0917. The van der Waals surface area contributed by atoms with Crippen LogP contribution in [-0.4, -0.2) is 41.6 Å². The van der Waals surface area contributed by atoms with E-state index in [1.165, 1.54) is 12.3 Å². The maximum Gasteiger partial charge on any atom is 0.339 e. The lowest BCUT2D eigenvalue weighted by molar-refractivity contribution is -0.120. The minimum Gasteiger partial charge on any atom is -0.478 e. The number of carboxylic acids is 1. The van der Waals surface area contributed by atoms with Crippen molar-refractivity contribution in [3.63, 3.8) is 0 Å². The molecule has 1 amide bonds. The Bertz CT molecular complexity index is 478. The molecular formula is C10H10BrN3O3. The van der Waals surface area contributed by atoms with Crippen LogP contribution in [0.15, 0.2) is 16.7 Å². The SMILES string of the molecule is O=C1CN(c2ncc(Br)cc2C(=O)O)CCN1. The van der Waals surface area contributed by atoms with E-state index in [2.05, 4.69) is 26.2 Å². The van der Waals surface area contributed by atoms with Crippen LogP contribution in [0.3, 0.4) is 0 Å². The molecule has 0 unspecified atom stereocenters. The van der Waals surface area contributed by atoms with Gasteiger partial charge in [0.1, 0.15) is 11.4 Å². The minimum atomic E-state index is -1.06. The third-order valence-electron chi connectivity index (χ3n) is 2.40. The highest BCUT2D eigenvalue weighted by Crippen LogP contribution is 2.22. The van der Waals surface area contributed by atoms with Gasteiger partial charge in [0.15, 0.2) is 0 Å². The van der Waals surface area contributed by atoms with E-state index in [1.54, 1.807) is 4.90 Å². The topological polar surface area (TPSA) is 82.5 Å². The largest absolute Gasteiger partial charge is 0.478 e. The van der Waals surface area contributed by atoms with Crippen LogP contribution in [-0.2, 0) is 4.79 Å². The van der Waals surface area contributed by atoms with E-state index in [0.717, 1.165) is 0 Å². The number of aromatic nitrogens is 1. The molecule has 2 N–H and O–H groups in total. The molecule has 1 aromatic heterocycles. The van der Waals surface area contributed by atoms with Crippen molar-refractivity contribution in [3.05, 3.63) is 22.3 Å². The van der Waals surface area contributed by atoms with Gasteiger partial charge >= 0.3 is 5.97 Å². The molecule has 0 atom stereocenters. The zero-order valence-electron chi connectivity index (χ0n) is 8.81. The second-order valence-electron chi connectivity index (χ2n) is 3.60. The first kappa shape index (κ1) is 11.8. The number of carbonyl (C=O) groups is 2. The summed E-state index contributed by atoms with van der Waals surface area (Å²) in [6, 6.07) is 1.48. The number of pyridine rings is 1. The predicted octanol–water partition coefficient (Wildman–Crippen LogP) is 0.478. The Morgan fingerprint density at radius 2 is 2.35 bits per heavy atom. The highest BCUT2D eigenvalue weighted by molar-refractivity contribution is 9.10. The smallest absolute Gasteiger partial charge is 0.339 e. The monoisotopic (exact) mass is 299 g/mol. The molecule has 1 aromatic rings. The number of anilines is 1. The third-order valence-corrected chi connectivity index (χ3v) is 2.84. The van der Waals surface area contributed by atoms with Gasteiger partial charge in [0.2, 0.25) is 5.91 Å². The summed E-state index contributed by atoms with van der Waals surface area (Å²) in [7, 11) is 0. The average Bonchev–Trinajstić information content (AvgIpc) is 2.28. The van der Waals surface area contributed by atoms with Gasteiger partial charge in [0.05, 0.1) is 6.54 Å². The zero-order valence-corrected chi connectivity index (χ0v) is 10.4. The second-order valence-corrected chi connectivity index (χ2v) is 4.52. The zero-order chi connectivity index (χ0) is 12.4. The first-order chi connectivity index (χ1) is 8.08. The molecule has 0 radical (unpaired) electrons. The fourth-order valence-electron chi connectivity index (χ4n) is 1.66. The van der Waals surface area contributed by atoms with Crippen molar-refractivity contribution in [3.8, 4) is 0 Å². The predicted molar refractivity (Wildman–Crippen MR) is 64.1 cm³/mol. The van der Waals surface area contributed by atoms with E-state index < -0.39 is 5.97 Å². The van der Waals surface area contributed by atoms with E-state index in [-0.39, 0.29) is 18.0 Å². The van der Waals surface area contributed by atoms with Crippen LogP contribution in [0.25, 0.3) is 0 Å². The summed E-state index contributed by atoms with van der Waals surface area (Å²) in [6.07, 6.45) is 1.52. The lowest BCUT2D eigenvalue weighted by atomic mass is 10.2. The number of carbonyl (C=O) groups excluding carboxylic acids is 1. The molecule has 2 heterocycles. The lowest BCUT2D eigenvalue weighted by Gasteiger charge is -2.28. The van der Waals surface area contributed by atoms with Crippen LogP contribution >= 0.6 is 15.9 Å². The first-order valence-corrected chi connectivity index (χ1v) is 5.77. The lowest BCUT2D eigenvalue weighted by Crippen LogP contribution is -2.48. The molecule has 1 aliphatic rings. The Hall–Kier alpha value is -1.63. The van der Waals surface area contributed by atoms with Gasteiger partial charge in [0.25, 0.3) is 0 Å². The normalized spacial score (nSPS) is 15.6. The Balaban J connectivity index is 2.37. The summed E-state index contributed by atoms with van der Waals surface area (Å²) < 4.78 is 0.597. The van der Waals surface area contributed by atoms with Gasteiger partial charge in [-0.25, -0.2) is 9.78 Å². The number of hydrogen-bond donors (Lipinski definition) is 2. The highest BCUT2D eigenvalue weighted by Gasteiger charge is 2.22. The van der Waals surface area contributed by atoms with Crippen LogP contribution in [0.2, 0.25) is 0 Å². The summed E-state index contributed by atoms with van der Waals surface area (Å²) in [4.78, 5) is 28.1. The van der Waals surface area contributed by atoms with Gasteiger partial charge in [-0.3, -0.25) is 4.79 Å². The molecule has 2 rings (SSSR count). The van der Waals surface area contributed by atoms with Crippen LogP contribution in [0, 0.1) is 0 Å². The quantitative estimate of drug-likeness (QED) is 0.830. The summed E-state index contributed by atoms with van der Waals surface area (Å²) in [6.45, 7) is 1.19. The molecule has 90 valence electrons. The Kier molecular flexibility index (Phi) is 3.28. The molecule has 1 fully saturated rings. The van der Waals surface area contributed by atoms with Crippen molar-refractivity contribution in [1.82, 2.24) is 10.3 Å². The number of amides is 1. The average molecular weight is 300 g/mol. The van der Waals surface area contributed by atoms with Crippen molar-refractivity contribution in [2.24, 2.45) is 0 Å². The van der Waals surface area contributed by atoms with Gasteiger partial charge in [0, 0.05) is 23.8 Å². The van der Waals surface area contributed by atoms with Crippen molar-refractivity contribution >= 4 is 33.6 Å². The van der Waals surface area contributed by atoms with E-state index >= 15 is 0 Å². The van der Waals surface area contributed by atoms with Crippen LogP contribution in [0.5, 0.6) is 0 Å². The van der Waals surface area contributed by atoms with Gasteiger partial charge < -0.3 is 15.3 Å². The summed E-state index contributed by atoms with van der Waals surface area (Å²) >= 11 is 3.18. The molecule has 1 saturated heterocycles. The molecule has 0 aromatic carbocycles. The number of nitrogens with one attached hydrogen (secondary N) is 1. The summed E-state index contributed by atoms with van der Waals surface area (Å²) in [5.41, 5.74) is 0.0917. The Morgan fingerprint density at radius 1 is 1.59 bits per heavy atom. The number of nitrogens with zero attached hydrogens (tertiary/aromatic N) is 2. The molecule has 0 spiro atoms. The Morgan fingerprint density at radius 3 is 3.00 bits per heavy atom. The number of carboxylic acid groups (broad SMARTS) is 1. The molecular weight excluding hydrogens is 290 g/mol. The van der Waals surface area contributed by atoms with Gasteiger partial charge in [-0.2, -0.15) is 0 Å². The number of halogens is 1. The van der Waals surface area contributed by atoms with Crippen molar-refractivity contribution < 1.29 is 14.7 Å². The first-order valence-electron chi connectivity index (χ1n) is 4.98. The van der Waals surface area contributed by atoms with Crippen molar-refractivity contribution in [1.29, 1.82) is 0 Å². The maximum absolute atomic E-state index is 11.3. The number of aromatic carboxylic acids is 1. The third kappa shape index (κ3) is 2.55. The molecule has 6 nitrogen and oxygen atoms in total.